The molecule has 3 unspecified atom stereocenters. The van der Waals surface area contributed by atoms with E-state index in [0.717, 1.165) is 17.9 Å². The second-order valence-corrected chi connectivity index (χ2v) is 7.30. The Kier molecular flexibility index (Phi) is 2.99. The minimum absolute atomic E-state index is 0.544. The molecule has 3 fully saturated rings. The Balaban J connectivity index is 1.55. The third kappa shape index (κ3) is 2.26. The number of piperidine rings is 1. The van der Waals surface area contributed by atoms with E-state index >= 15 is 0 Å². The molecule has 0 aromatic heterocycles. The first-order valence-corrected chi connectivity index (χ1v) is 7.59. The maximum atomic E-state index is 6.09. The van der Waals surface area contributed by atoms with Crippen molar-refractivity contribution in [1.82, 2.24) is 4.90 Å². The number of rotatable bonds is 1. The van der Waals surface area contributed by atoms with Crippen LogP contribution in [0.2, 0.25) is 0 Å². The van der Waals surface area contributed by atoms with Gasteiger partial charge in [-0.3, -0.25) is 4.90 Å². The summed E-state index contributed by atoms with van der Waals surface area (Å²) in [5.74, 6) is 1.80. The van der Waals surface area contributed by atoms with Gasteiger partial charge in [-0.25, -0.2) is 0 Å². The second-order valence-electron chi connectivity index (χ2n) is 7.30. The Bertz CT molecular complexity index is 271. The summed E-state index contributed by atoms with van der Waals surface area (Å²) in [4.78, 5) is 2.79. The first kappa shape index (κ1) is 12.0. The van der Waals surface area contributed by atoms with E-state index < -0.39 is 0 Å². The molecule has 0 radical (unpaired) electrons. The molecular formula is C15H28N2. The van der Waals surface area contributed by atoms with Gasteiger partial charge in [0.15, 0.2) is 0 Å². The number of hydrogen-bond acceptors (Lipinski definition) is 2. The van der Waals surface area contributed by atoms with Gasteiger partial charge < -0.3 is 5.73 Å². The standard InChI is InChI=1S/C15H28N2/c1-11-7-12(2)10-17(9-11)13-3-5-15(6-4-13)8-14(15)16/h11-14H,3-10,16H2,1-2H3. The molecule has 98 valence electrons. The van der Waals surface area contributed by atoms with Gasteiger partial charge in [0.25, 0.3) is 0 Å². The highest BCUT2D eigenvalue weighted by Gasteiger charge is 2.53. The molecule has 1 heterocycles. The molecule has 3 aliphatic rings. The highest BCUT2D eigenvalue weighted by molar-refractivity contribution is 5.08. The normalized spacial score (nSPS) is 51.7. The smallest absolute Gasteiger partial charge is 0.0102 e. The summed E-state index contributed by atoms with van der Waals surface area (Å²) >= 11 is 0. The largest absolute Gasteiger partial charge is 0.327 e. The average molecular weight is 236 g/mol. The Morgan fingerprint density at radius 3 is 2.06 bits per heavy atom. The molecule has 1 aliphatic heterocycles. The van der Waals surface area contributed by atoms with Crippen LogP contribution in [0.4, 0.5) is 0 Å². The zero-order valence-corrected chi connectivity index (χ0v) is 11.5. The molecule has 17 heavy (non-hydrogen) atoms. The lowest BCUT2D eigenvalue weighted by molar-refractivity contribution is 0.0628. The molecule has 0 amide bonds. The van der Waals surface area contributed by atoms with Gasteiger partial charge in [0.05, 0.1) is 0 Å². The van der Waals surface area contributed by atoms with Crippen molar-refractivity contribution in [1.29, 1.82) is 0 Å². The van der Waals surface area contributed by atoms with Gasteiger partial charge in [-0.05, 0) is 55.8 Å². The molecule has 1 saturated heterocycles. The van der Waals surface area contributed by atoms with Crippen LogP contribution in [0.25, 0.3) is 0 Å². The average Bonchev–Trinajstić information content (AvgIpc) is 2.88. The molecule has 2 N–H and O–H groups in total. The highest BCUT2D eigenvalue weighted by atomic mass is 15.2. The number of nitrogens with zero attached hydrogens (tertiary/aromatic N) is 1. The Hall–Kier alpha value is -0.0800. The van der Waals surface area contributed by atoms with E-state index in [1.54, 1.807) is 0 Å². The van der Waals surface area contributed by atoms with E-state index in [-0.39, 0.29) is 0 Å². The van der Waals surface area contributed by atoms with Crippen molar-refractivity contribution in [2.75, 3.05) is 13.1 Å². The van der Waals surface area contributed by atoms with Crippen LogP contribution in [0.5, 0.6) is 0 Å². The predicted octanol–water partition coefficient (Wildman–Crippen LogP) is 2.62. The van der Waals surface area contributed by atoms with Crippen LogP contribution in [-0.4, -0.2) is 30.1 Å². The van der Waals surface area contributed by atoms with Crippen molar-refractivity contribution >= 4 is 0 Å². The number of nitrogens with two attached hydrogens (primary N) is 1. The molecular weight excluding hydrogens is 208 g/mol. The lowest BCUT2D eigenvalue weighted by Crippen LogP contribution is -2.46. The van der Waals surface area contributed by atoms with E-state index in [1.165, 1.54) is 51.6 Å². The minimum atomic E-state index is 0.544. The summed E-state index contributed by atoms with van der Waals surface area (Å²) in [7, 11) is 0. The quantitative estimate of drug-likeness (QED) is 0.758. The van der Waals surface area contributed by atoms with Gasteiger partial charge in [-0.15, -0.1) is 0 Å². The molecule has 2 aliphatic carbocycles. The molecule has 0 aromatic rings. The third-order valence-electron chi connectivity index (χ3n) is 5.62. The van der Waals surface area contributed by atoms with E-state index in [4.69, 9.17) is 5.73 Å². The topological polar surface area (TPSA) is 29.3 Å². The van der Waals surface area contributed by atoms with E-state index in [1.807, 2.05) is 0 Å². The number of likely N-dealkylation sites (tertiary alicyclic amines) is 1. The Morgan fingerprint density at radius 2 is 1.59 bits per heavy atom. The van der Waals surface area contributed by atoms with E-state index in [2.05, 4.69) is 18.7 Å². The summed E-state index contributed by atoms with van der Waals surface area (Å²) in [6.45, 7) is 7.52. The molecule has 3 atom stereocenters. The number of hydrogen-bond donors (Lipinski definition) is 1. The van der Waals surface area contributed by atoms with Gasteiger partial charge in [0.2, 0.25) is 0 Å². The SMILES string of the molecule is CC1CC(C)CN(C2CCC3(CC2)CC3N)C1. The van der Waals surface area contributed by atoms with Gasteiger partial charge in [0, 0.05) is 25.2 Å². The Morgan fingerprint density at radius 1 is 1.06 bits per heavy atom. The van der Waals surface area contributed by atoms with Gasteiger partial charge in [-0.1, -0.05) is 13.8 Å². The summed E-state index contributed by atoms with van der Waals surface area (Å²) in [5, 5.41) is 0. The van der Waals surface area contributed by atoms with Crippen LogP contribution in [0.1, 0.15) is 52.4 Å². The lowest BCUT2D eigenvalue weighted by Gasteiger charge is -2.43. The van der Waals surface area contributed by atoms with E-state index in [0.29, 0.717) is 11.5 Å². The minimum Gasteiger partial charge on any atom is -0.327 e. The highest BCUT2D eigenvalue weighted by Crippen LogP contribution is 2.55. The molecule has 2 nitrogen and oxygen atoms in total. The molecule has 2 heteroatoms. The van der Waals surface area contributed by atoms with Crippen LogP contribution < -0.4 is 5.73 Å². The van der Waals surface area contributed by atoms with Crippen LogP contribution in [0, 0.1) is 17.3 Å². The molecule has 2 saturated carbocycles. The second kappa shape index (κ2) is 4.24. The first-order chi connectivity index (χ1) is 8.09. The van der Waals surface area contributed by atoms with Gasteiger partial charge in [0.1, 0.15) is 0 Å². The van der Waals surface area contributed by atoms with Crippen molar-refractivity contribution < 1.29 is 0 Å². The summed E-state index contributed by atoms with van der Waals surface area (Å²) in [5.41, 5.74) is 6.69. The molecule has 0 bridgehead atoms. The summed E-state index contributed by atoms with van der Waals surface area (Å²) < 4.78 is 0. The monoisotopic (exact) mass is 236 g/mol. The fourth-order valence-corrected chi connectivity index (χ4v) is 4.51. The van der Waals surface area contributed by atoms with Crippen molar-refractivity contribution in [2.45, 2.75) is 64.5 Å². The van der Waals surface area contributed by atoms with Crippen LogP contribution >= 0.6 is 0 Å². The van der Waals surface area contributed by atoms with Crippen molar-refractivity contribution in [3.63, 3.8) is 0 Å². The molecule has 1 spiro atoms. The van der Waals surface area contributed by atoms with Crippen molar-refractivity contribution in [2.24, 2.45) is 23.0 Å². The third-order valence-corrected chi connectivity index (χ3v) is 5.62. The predicted molar refractivity (Wildman–Crippen MR) is 71.8 cm³/mol. The summed E-state index contributed by atoms with van der Waals surface area (Å²) in [6.07, 6.45) is 8.36. The fraction of sp³-hybridized carbons (Fsp3) is 1.00. The van der Waals surface area contributed by atoms with Crippen molar-refractivity contribution in [3.8, 4) is 0 Å². The van der Waals surface area contributed by atoms with Crippen LogP contribution in [0.15, 0.2) is 0 Å². The van der Waals surface area contributed by atoms with Crippen molar-refractivity contribution in [3.05, 3.63) is 0 Å². The maximum Gasteiger partial charge on any atom is 0.0102 e. The summed E-state index contributed by atoms with van der Waals surface area (Å²) in [6, 6.07) is 1.42. The molecule has 0 aromatic carbocycles. The maximum absolute atomic E-state index is 6.09. The molecule has 3 rings (SSSR count). The lowest BCUT2D eigenvalue weighted by atomic mass is 9.80. The zero-order chi connectivity index (χ0) is 12.0. The van der Waals surface area contributed by atoms with Crippen LogP contribution in [0.3, 0.4) is 0 Å². The first-order valence-electron chi connectivity index (χ1n) is 7.59. The van der Waals surface area contributed by atoms with Gasteiger partial charge in [-0.2, -0.15) is 0 Å². The Labute approximate surface area is 106 Å². The van der Waals surface area contributed by atoms with Gasteiger partial charge >= 0.3 is 0 Å². The van der Waals surface area contributed by atoms with E-state index in [9.17, 15) is 0 Å². The zero-order valence-electron chi connectivity index (χ0n) is 11.5. The van der Waals surface area contributed by atoms with Crippen LogP contribution in [-0.2, 0) is 0 Å². The fourth-order valence-electron chi connectivity index (χ4n) is 4.51.